The lowest BCUT2D eigenvalue weighted by Crippen LogP contribution is -2.49. The molecule has 1 saturated carbocycles. The van der Waals surface area contributed by atoms with Gasteiger partial charge in [-0.25, -0.2) is 26.9 Å². The Morgan fingerprint density at radius 2 is 1.68 bits per heavy atom. The third kappa shape index (κ3) is 6.24. The van der Waals surface area contributed by atoms with Crippen LogP contribution in [0, 0.1) is 18.6 Å². The molecule has 2 bridgehead atoms. The molecule has 0 unspecified atom stereocenters. The summed E-state index contributed by atoms with van der Waals surface area (Å²) in [7, 11) is -4.00. The first kappa shape index (κ1) is 33.7. The summed E-state index contributed by atoms with van der Waals surface area (Å²) in [6.45, 7) is 3.64. The van der Waals surface area contributed by atoms with Gasteiger partial charge in [-0.05, 0) is 119 Å². The molecule has 50 heavy (non-hydrogen) atoms. The topological polar surface area (TPSA) is 87.5 Å². The average Bonchev–Trinajstić information content (AvgIpc) is 3.78. The molecule has 1 aromatic heterocycles. The predicted molar refractivity (Wildman–Crippen MR) is 189 cm³/mol. The van der Waals surface area contributed by atoms with E-state index in [0.717, 1.165) is 80.5 Å². The Labute approximate surface area is 296 Å². The molecule has 1 N–H and O–H groups in total. The van der Waals surface area contributed by atoms with E-state index in [4.69, 9.17) is 16.6 Å². The van der Waals surface area contributed by atoms with E-state index in [-0.39, 0.29) is 32.8 Å². The first-order valence-corrected chi connectivity index (χ1v) is 19.6. The van der Waals surface area contributed by atoms with Crippen LogP contribution in [-0.4, -0.2) is 71.4 Å². The second-order valence-electron chi connectivity index (χ2n) is 14.8. The highest BCUT2D eigenvalue weighted by molar-refractivity contribution is 7.89. The van der Waals surface area contributed by atoms with E-state index >= 15 is 4.39 Å². The van der Waals surface area contributed by atoms with Crippen LogP contribution in [-0.2, 0) is 15.4 Å². The minimum absolute atomic E-state index is 0.166. The first-order valence-electron chi connectivity index (χ1n) is 17.8. The number of para-hydroxylation sites is 2. The molecule has 0 radical (unpaired) electrons. The quantitative estimate of drug-likeness (QED) is 0.199. The van der Waals surface area contributed by atoms with Crippen LogP contribution in [0.25, 0.3) is 11.0 Å². The molecule has 3 aliphatic heterocycles. The Kier molecular flexibility index (Phi) is 8.77. The van der Waals surface area contributed by atoms with Crippen LogP contribution >= 0.6 is 11.6 Å². The SMILES string of the molecule is Cc1nc2ccccc2n1[C@H]1C[C@H]2CC[C@@H](C1)N2CCC1(c2cccc(F)c2)CCN(C(=O)c2cc(S(=O)(=O)NC3CC3)c(Cl)cc2F)CC1. The highest BCUT2D eigenvalue weighted by Gasteiger charge is 2.44. The number of carbonyl (C=O) groups is 1. The molecule has 8 rings (SSSR count). The highest BCUT2D eigenvalue weighted by atomic mass is 35.5. The number of carbonyl (C=O) groups excluding carboxylic acids is 1. The van der Waals surface area contributed by atoms with Crippen molar-refractivity contribution in [2.45, 2.75) is 99.2 Å². The monoisotopic (exact) mass is 721 g/mol. The van der Waals surface area contributed by atoms with E-state index in [1.54, 1.807) is 17.0 Å². The fourth-order valence-electron chi connectivity index (χ4n) is 8.98. The molecule has 4 fully saturated rings. The number of nitrogens with one attached hydrogen (secondary N) is 1. The van der Waals surface area contributed by atoms with Crippen molar-refractivity contribution in [1.29, 1.82) is 0 Å². The van der Waals surface area contributed by atoms with E-state index < -0.39 is 21.7 Å². The minimum atomic E-state index is -4.00. The zero-order chi connectivity index (χ0) is 34.8. The molecule has 0 spiro atoms. The number of halogens is 3. The van der Waals surface area contributed by atoms with Crippen molar-refractivity contribution >= 4 is 38.6 Å². The summed E-state index contributed by atoms with van der Waals surface area (Å²) in [5.41, 5.74) is 2.47. The summed E-state index contributed by atoms with van der Waals surface area (Å²) in [5.74, 6) is -0.662. The summed E-state index contributed by atoms with van der Waals surface area (Å²) in [5, 5.41) is -0.262. The van der Waals surface area contributed by atoms with Gasteiger partial charge in [0.25, 0.3) is 5.91 Å². The number of fused-ring (bicyclic) bond motifs is 3. The van der Waals surface area contributed by atoms with Gasteiger partial charge < -0.3 is 9.47 Å². The van der Waals surface area contributed by atoms with Gasteiger partial charge in [-0.1, -0.05) is 35.9 Å². The van der Waals surface area contributed by atoms with Gasteiger partial charge >= 0.3 is 0 Å². The molecular formula is C38H42ClF2N5O3S. The van der Waals surface area contributed by atoms with Crippen molar-refractivity contribution < 1.29 is 22.0 Å². The zero-order valence-electron chi connectivity index (χ0n) is 28.1. The van der Waals surface area contributed by atoms with Crippen LogP contribution in [0.5, 0.6) is 0 Å². The van der Waals surface area contributed by atoms with Gasteiger partial charge in [0.15, 0.2) is 0 Å². The Balaban J connectivity index is 0.992. The van der Waals surface area contributed by atoms with E-state index in [1.165, 1.54) is 11.6 Å². The number of rotatable bonds is 9. The Bertz CT molecular complexity index is 2050. The Hall–Kier alpha value is -3.38. The van der Waals surface area contributed by atoms with Gasteiger partial charge in [-0.3, -0.25) is 9.69 Å². The molecule has 12 heteroatoms. The number of hydrogen-bond acceptors (Lipinski definition) is 5. The van der Waals surface area contributed by atoms with Gasteiger partial charge in [0.1, 0.15) is 22.4 Å². The van der Waals surface area contributed by atoms with Gasteiger partial charge in [0.2, 0.25) is 10.0 Å². The van der Waals surface area contributed by atoms with Gasteiger partial charge in [-0.15, -0.1) is 0 Å². The predicted octanol–water partition coefficient (Wildman–Crippen LogP) is 7.15. The lowest BCUT2D eigenvalue weighted by atomic mass is 9.70. The molecule has 1 aliphatic carbocycles. The summed E-state index contributed by atoms with van der Waals surface area (Å²) in [4.78, 5) is 22.5. The zero-order valence-corrected chi connectivity index (χ0v) is 29.7. The number of benzene rings is 3. The lowest BCUT2D eigenvalue weighted by molar-refractivity contribution is 0.0602. The number of likely N-dealkylation sites (tertiary alicyclic amines) is 1. The van der Waals surface area contributed by atoms with Crippen LogP contribution in [0.2, 0.25) is 5.02 Å². The van der Waals surface area contributed by atoms with Crippen LogP contribution in [0.1, 0.15) is 85.6 Å². The van der Waals surface area contributed by atoms with Crippen LogP contribution in [0.15, 0.2) is 65.6 Å². The summed E-state index contributed by atoms with van der Waals surface area (Å²) < 4.78 is 60.8. The third-order valence-corrected chi connectivity index (χ3v) is 13.7. The molecule has 3 atom stereocenters. The Morgan fingerprint density at radius 1 is 0.960 bits per heavy atom. The second-order valence-corrected chi connectivity index (χ2v) is 16.8. The van der Waals surface area contributed by atoms with E-state index in [0.29, 0.717) is 44.1 Å². The van der Waals surface area contributed by atoms with Gasteiger partial charge in [0, 0.05) is 37.3 Å². The normalized spacial score (nSPS) is 23.8. The van der Waals surface area contributed by atoms with Gasteiger partial charge in [0.05, 0.1) is 21.6 Å². The summed E-state index contributed by atoms with van der Waals surface area (Å²) >= 11 is 6.16. The molecule has 3 aromatic carbocycles. The average molecular weight is 722 g/mol. The number of aromatic nitrogens is 2. The molecule has 4 aromatic rings. The van der Waals surface area contributed by atoms with Crippen molar-refractivity contribution in [3.63, 3.8) is 0 Å². The van der Waals surface area contributed by atoms with Crippen molar-refractivity contribution in [3.8, 4) is 0 Å². The number of sulfonamides is 1. The van der Waals surface area contributed by atoms with Crippen molar-refractivity contribution in [3.05, 3.63) is 94.3 Å². The molecule has 4 aliphatic rings. The van der Waals surface area contributed by atoms with E-state index in [9.17, 15) is 17.6 Å². The van der Waals surface area contributed by atoms with Crippen molar-refractivity contribution in [2.24, 2.45) is 0 Å². The summed E-state index contributed by atoms with van der Waals surface area (Å²) in [6, 6.07) is 18.3. The summed E-state index contributed by atoms with van der Waals surface area (Å²) in [6.07, 6.45) is 7.87. The van der Waals surface area contributed by atoms with Crippen LogP contribution in [0.4, 0.5) is 8.78 Å². The highest BCUT2D eigenvalue weighted by Crippen LogP contribution is 2.45. The fourth-order valence-corrected chi connectivity index (χ4v) is 10.8. The molecule has 4 heterocycles. The van der Waals surface area contributed by atoms with Gasteiger partial charge in [-0.2, -0.15) is 0 Å². The smallest absolute Gasteiger partial charge is 0.256 e. The maximum atomic E-state index is 15.2. The number of imidazole rings is 1. The van der Waals surface area contributed by atoms with Crippen molar-refractivity contribution in [1.82, 2.24) is 24.1 Å². The lowest BCUT2D eigenvalue weighted by Gasteiger charge is -2.45. The third-order valence-electron chi connectivity index (χ3n) is 11.7. The molecule has 264 valence electrons. The first-order chi connectivity index (χ1) is 24.0. The molecular weight excluding hydrogens is 680 g/mol. The maximum Gasteiger partial charge on any atom is 0.256 e. The maximum absolute atomic E-state index is 15.2. The van der Waals surface area contributed by atoms with Crippen LogP contribution in [0.3, 0.4) is 0 Å². The Morgan fingerprint density at radius 3 is 2.38 bits per heavy atom. The van der Waals surface area contributed by atoms with E-state index in [1.807, 2.05) is 12.1 Å². The largest absolute Gasteiger partial charge is 0.338 e. The second kappa shape index (κ2) is 13.0. The standard InChI is InChI=1S/C38H42ClF2N5O3S/c1-24-42-34-7-2-3-8-35(34)46(24)30-20-28-11-12-29(21-30)45(28)18-15-38(25-5-4-6-26(40)19-25)13-16-44(17-14-38)37(47)31-22-36(32(39)23-33(31)41)50(48,49)43-27-9-10-27/h2-8,19,22-23,27-30,43H,9-18,20-21H2,1H3/t28-,29+,30+. The molecule has 3 saturated heterocycles. The minimum Gasteiger partial charge on any atom is -0.338 e. The van der Waals surface area contributed by atoms with E-state index in [2.05, 4.69) is 39.3 Å². The number of piperidine rings is 2. The number of hydrogen-bond donors (Lipinski definition) is 1. The number of nitrogens with zero attached hydrogens (tertiary/aromatic N) is 4. The number of amides is 1. The van der Waals surface area contributed by atoms with Crippen LogP contribution < -0.4 is 4.72 Å². The van der Waals surface area contributed by atoms with Crippen molar-refractivity contribution in [2.75, 3.05) is 19.6 Å². The number of aryl methyl sites for hydroxylation is 1. The molecule has 8 nitrogen and oxygen atoms in total. The fraction of sp³-hybridized carbons (Fsp3) is 0.474. The molecule has 1 amide bonds.